The van der Waals surface area contributed by atoms with Crippen LogP contribution < -0.4 is 5.32 Å². The summed E-state index contributed by atoms with van der Waals surface area (Å²) in [6.45, 7) is 10.0. The summed E-state index contributed by atoms with van der Waals surface area (Å²) in [6.07, 6.45) is 0. The lowest BCUT2D eigenvalue weighted by molar-refractivity contribution is -0.118. The Balaban J connectivity index is 1.93. The standard InChI is InChI=1S/C16H24N2O2/c1-16(2,3)13-5-4-6-14(11-13)17-15(19)12-18-7-9-20-10-8-18/h4-6,11H,7-10,12H2,1-3H3,(H,17,19). The first-order chi connectivity index (χ1) is 9.45. The van der Waals surface area contributed by atoms with Crippen molar-refractivity contribution in [3.63, 3.8) is 0 Å². The van der Waals surface area contributed by atoms with E-state index in [9.17, 15) is 4.79 Å². The second kappa shape index (κ2) is 6.37. The largest absolute Gasteiger partial charge is 0.379 e. The van der Waals surface area contributed by atoms with E-state index >= 15 is 0 Å². The maximum absolute atomic E-state index is 12.0. The molecular weight excluding hydrogens is 252 g/mol. The molecule has 0 bridgehead atoms. The third kappa shape index (κ3) is 4.32. The first kappa shape index (κ1) is 15.0. The molecule has 0 radical (unpaired) electrons. The molecule has 0 unspecified atom stereocenters. The van der Waals surface area contributed by atoms with Crippen LogP contribution in [0.4, 0.5) is 5.69 Å². The van der Waals surface area contributed by atoms with Crippen molar-refractivity contribution in [3.05, 3.63) is 29.8 Å². The van der Waals surface area contributed by atoms with Gasteiger partial charge in [-0.1, -0.05) is 32.9 Å². The highest BCUT2D eigenvalue weighted by atomic mass is 16.5. The SMILES string of the molecule is CC(C)(C)c1cccc(NC(=O)CN2CCOCC2)c1. The number of carbonyl (C=O) groups is 1. The van der Waals surface area contributed by atoms with Crippen LogP contribution in [-0.2, 0) is 14.9 Å². The van der Waals surface area contributed by atoms with Crippen molar-refractivity contribution in [3.8, 4) is 0 Å². The average Bonchev–Trinajstić information content (AvgIpc) is 2.39. The number of carbonyl (C=O) groups excluding carboxylic acids is 1. The minimum Gasteiger partial charge on any atom is -0.379 e. The van der Waals surface area contributed by atoms with Crippen LogP contribution in [0.25, 0.3) is 0 Å². The summed E-state index contributed by atoms with van der Waals surface area (Å²) in [6, 6.07) is 8.08. The third-order valence-corrected chi connectivity index (χ3v) is 3.48. The molecule has 110 valence electrons. The smallest absolute Gasteiger partial charge is 0.238 e. The van der Waals surface area contributed by atoms with Crippen molar-refractivity contribution in [2.24, 2.45) is 0 Å². The highest BCUT2D eigenvalue weighted by Crippen LogP contribution is 2.24. The van der Waals surface area contributed by atoms with E-state index in [-0.39, 0.29) is 11.3 Å². The van der Waals surface area contributed by atoms with E-state index in [1.807, 2.05) is 12.1 Å². The summed E-state index contributed by atoms with van der Waals surface area (Å²) in [7, 11) is 0. The van der Waals surface area contributed by atoms with Gasteiger partial charge in [0.15, 0.2) is 0 Å². The van der Waals surface area contributed by atoms with Crippen LogP contribution in [0.3, 0.4) is 0 Å². The van der Waals surface area contributed by atoms with Gasteiger partial charge in [-0.3, -0.25) is 9.69 Å². The number of hydrogen-bond donors (Lipinski definition) is 1. The number of nitrogens with one attached hydrogen (secondary N) is 1. The van der Waals surface area contributed by atoms with Gasteiger partial charge in [-0.15, -0.1) is 0 Å². The molecule has 2 rings (SSSR count). The number of amides is 1. The monoisotopic (exact) mass is 276 g/mol. The Morgan fingerprint density at radius 3 is 2.65 bits per heavy atom. The van der Waals surface area contributed by atoms with Gasteiger partial charge in [0.1, 0.15) is 0 Å². The molecule has 1 aromatic rings. The van der Waals surface area contributed by atoms with Crippen molar-refractivity contribution in [1.29, 1.82) is 0 Å². The molecule has 0 spiro atoms. The van der Waals surface area contributed by atoms with Crippen molar-refractivity contribution >= 4 is 11.6 Å². The quantitative estimate of drug-likeness (QED) is 0.920. The summed E-state index contributed by atoms with van der Waals surface area (Å²) in [4.78, 5) is 14.2. The van der Waals surface area contributed by atoms with Gasteiger partial charge in [0, 0.05) is 18.8 Å². The molecule has 1 saturated heterocycles. The summed E-state index contributed by atoms with van der Waals surface area (Å²) in [5, 5.41) is 2.98. The Morgan fingerprint density at radius 1 is 1.30 bits per heavy atom. The normalized spacial score (nSPS) is 16.9. The molecular formula is C16H24N2O2. The van der Waals surface area contributed by atoms with Gasteiger partial charge in [-0.25, -0.2) is 0 Å². The summed E-state index contributed by atoms with van der Waals surface area (Å²) in [5.41, 5.74) is 2.18. The lowest BCUT2D eigenvalue weighted by Crippen LogP contribution is -2.41. The molecule has 1 heterocycles. The molecule has 1 aliphatic rings. The number of ether oxygens (including phenoxy) is 1. The lowest BCUT2D eigenvalue weighted by Gasteiger charge is -2.26. The first-order valence-corrected chi connectivity index (χ1v) is 7.16. The Morgan fingerprint density at radius 2 is 2.00 bits per heavy atom. The van der Waals surface area contributed by atoms with Crippen LogP contribution in [0.1, 0.15) is 26.3 Å². The van der Waals surface area contributed by atoms with Gasteiger partial charge in [0.2, 0.25) is 5.91 Å². The van der Waals surface area contributed by atoms with Gasteiger partial charge >= 0.3 is 0 Å². The fourth-order valence-electron chi connectivity index (χ4n) is 2.23. The third-order valence-electron chi connectivity index (χ3n) is 3.48. The summed E-state index contributed by atoms with van der Waals surface area (Å²) >= 11 is 0. The predicted molar refractivity (Wildman–Crippen MR) is 81.0 cm³/mol. The second-order valence-corrected chi connectivity index (χ2v) is 6.27. The van der Waals surface area contributed by atoms with Gasteiger partial charge in [0.05, 0.1) is 19.8 Å². The molecule has 0 saturated carbocycles. The summed E-state index contributed by atoms with van der Waals surface area (Å²) in [5.74, 6) is 0.0398. The lowest BCUT2D eigenvalue weighted by atomic mass is 9.87. The fourth-order valence-corrected chi connectivity index (χ4v) is 2.23. The highest BCUT2D eigenvalue weighted by Gasteiger charge is 2.16. The fraction of sp³-hybridized carbons (Fsp3) is 0.562. The van der Waals surface area contributed by atoms with E-state index in [4.69, 9.17) is 4.74 Å². The van der Waals surface area contributed by atoms with Crippen molar-refractivity contribution in [2.45, 2.75) is 26.2 Å². The molecule has 20 heavy (non-hydrogen) atoms. The summed E-state index contributed by atoms with van der Waals surface area (Å²) < 4.78 is 5.28. The average molecular weight is 276 g/mol. The maximum Gasteiger partial charge on any atom is 0.238 e. The number of benzene rings is 1. The Labute approximate surface area is 121 Å². The number of anilines is 1. The van der Waals surface area contributed by atoms with Crippen LogP contribution >= 0.6 is 0 Å². The Bertz CT molecular complexity index is 460. The van der Waals surface area contributed by atoms with Gasteiger partial charge in [0.25, 0.3) is 0 Å². The van der Waals surface area contributed by atoms with E-state index in [2.05, 4.69) is 43.1 Å². The number of hydrogen-bond acceptors (Lipinski definition) is 3. The molecule has 4 nitrogen and oxygen atoms in total. The van der Waals surface area contributed by atoms with E-state index in [1.165, 1.54) is 5.56 Å². The topological polar surface area (TPSA) is 41.6 Å². The van der Waals surface area contributed by atoms with Crippen LogP contribution in [0.2, 0.25) is 0 Å². The van der Waals surface area contributed by atoms with Crippen LogP contribution in [0, 0.1) is 0 Å². The molecule has 0 aliphatic carbocycles. The molecule has 4 heteroatoms. The zero-order valence-electron chi connectivity index (χ0n) is 12.6. The van der Waals surface area contributed by atoms with Gasteiger partial charge in [-0.05, 0) is 23.1 Å². The van der Waals surface area contributed by atoms with Gasteiger partial charge < -0.3 is 10.1 Å². The van der Waals surface area contributed by atoms with Crippen LogP contribution in [0.5, 0.6) is 0 Å². The highest BCUT2D eigenvalue weighted by molar-refractivity contribution is 5.92. The van der Waals surface area contributed by atoms with Crippen LogP contribution in [0.15, 0.2) is 24.3 Å². The molecule has 1 aromatic carbocycles. The van der Waals surface area contributed by atoms with Crippen molar-refractivity contribution < 1.29 is 9.53 Å². The van der Waals surface area contributed by atoms with Crippen LogP contribution in [-0.4, -0.2) is 43.7 Å². The maximum atomic E-state index is 12.0. The van der Waals surface area contributed by atoms with E-state index in [1.54, 1.807) is 0 Å². The molecule has 1 N–H and O–H groups in total. The molecule has 1 amide bonds. The van der Waals surface area contributed by atoms with E-state index < -0.39 is 0 Å². The second-order valence-electron chi connectivity index (χ2n) is 6.27. The minimum absolute atomic E-state index is 0.0398. The van der Waals surface area contributed by atoms with Gasteiger partial charge in [-0.2, -0.15) is 0 Å². The number of rotatable bonds is 3. The first-order valence-electron chi connectivity index (χ1n) is 7.16. The zero-order valence-corrected chi connectivity index (χ0v) is 12.6. The van der Waals surface area contributed by atoms with E-state index in [0.717, 1.165) is 18.8 Å². The molecule has 1 fully saturated rings. The molecule has 0 atom stereocenters. The Hall–Kier alpha value is -1.39. The minimum atomic E-state index is 0.0398. The number of morpholine rings is 1. The van der Waals surface area contributed by atoms with Crippen molar-refractivity contribution in [1.82, 2.24) is 4.90 Å². The van der Waals surface area contributed by atoms with E-state index in [0.29, 0.717) is 19.8 Å². The zero-order chi connectivity index (χ0) is 14.6. The van der Waals surface area contributed by atoms with Crippen molar-refractivity contribution in [2.75, 3.05) is 38.2 Å². The molecule has 1 aliphatic heterocycles. The Kier molecular flexibility index (Phi) is 4.78. The number of nitrogens with zero attached hydrogens (tertiary/aromatic N) is 1. The predicted octanol–water partition coefficient (Wildman–Crippen LogP) is 2.25. The molecule has 0 aromatic heterocycles.